The van der Waals surface area contributed by atoms with E-state index in [0.29, 0.717) is 24.5 Å². The van der Waals surface area contributed by atoms with Gasteiger partial charge in [-0.1, -0.05) is 12.1 Å². The number of hydrogen-bond donors (Lipinski definition) is 1. The Labute approximate surface area is 176 Å². The number of carbonyl (C=O) groups excluding carboxylic acids is 1. The highest BCUT2D eigenvalue weighted by Crippen LogP contribution is 2.47. The summed E-state index contributed by atoms with van der Waals surface area (Å²) in [6.45, 7) is 0.917. The van der Waals surface area contributed by atoms with Crippen LogP contribution in [0.2, 0.25) is 0 Å². The van der Waals surface area contributed by atoms with Crippen LogP contribution in [-0.2, 0) is 20.2 Å². The van der Waals surface area contributed by atoms with Gasteiger partial charge in [-0.25, -0.2) is 8.42 Å². The molecule has 2 aromatic carbocycles. The second kappa shape index (κ2) is 8.09. The van der Waals surface area contributed by atoms with Gasteiger partial charge >= 0.3 is 0 Å². The molecular weight excluding hydrogens is 402 g/mol. The number of amides is 1. The van der Waals surface area contributed by atoms with Crippen LogP contribution in [-0.4, -0.2) is 38.3 Å². The molecule has 156 valence electrons. The number of nitrogens with one attached hydrogen (secondary N) is 1. The minimum absolute atomic E-state index is 0.192. The molecule has 0 atom stereocenters. The molecule has 1 amide bonds. The maximum absolute atomic E-state index is 12.5. The van der Waals surface area contributed by atoms with E-state index in [-0.39, 0.29) is 22.8 Å². The zero-order valence-electron chi connectivity index (χ0n) is 16.5. The topological polar surface area (TPSA) is 99.5 Å². The summed E-state index contributed by atoms with van der Waals surface area (Å²) < 4.78 is 32.0. The lowest BCUT2D eigenvalue weighted by Gasteiger charge is -2.15. The standard InChI is InChI=1S/C22H23N3O4S/c23-16-22(11-12-22)17-3-5-18(6-4-17)24-21(26)15-29-19-7-9-20(10-8-19)30(27,28)25-13-1-2-14-25/h3-10H,1-2,11-15H2,(H,24,26). The lowest BCUT2D eigenvalue weighted by Crippen LogP contribution is -2.27. The molecule has 2 fully saturated rings. The first-order valence-electron chi connectivity index (χ1n) is 9.98. The van der Waals surface area contributed by atoms with E-state index < -0.39 is 10.0 Å². The van der Waals surface area contributed by atoms with E-state index in [2.05, 4.69) is 11.4 Å². The zero-order valence-corrected chi connectivity index (χ0v) is 17.3. The molecular formula is C22H23N3O4S. The number of sulfonamides is 1. The van der Waals surface area contributed by atoms with Crippen LogP contribution in [0.25, 0.3) is 0 Å². The second-order valence-corrected chi connectivity index (χ2v) is 9.63. The highest BCUT2D eigenvalue weighted by atomic mass is 32.2. The fourth-order valence-corrected chi connectivity index (χ4v) is 5.11. The van der Waals surface area contributed by atoms with Gasteiger partial charge in [-0.3, -0.25) is 4.79 Å². The molecule has 7 nitrogen and oxygen atoms in total. The molecule has 0 bridgehead atoms. The molecule has 2 aliphatic rings. The van der Waals surface area contributed by atoms with Crippen LogP contribution in [0.4, 0.5) is 5.69 Å². The number of nitriles is 1. The summed E-state index contributed by atoms with van der Waals surface area (Å²) in [6.07, 6.45) is 3.53. The first-order valence-corrected chi connectivity index (χ1v) is 11.4. The van der Waals surface area contributed by atoms with E-state index in [4.69, 9.17) is 4.74 Å². The van der Waals surface area contributed by atoms with E-state index >= 15 is 0 Å². The quantitative estimate of drug-likeness (QED) is 0.735. The van der Waals surface area contributed by atoms with Crippen molar-refractivity contribution >= 4 is 21.6 Å². The molecule has 1 N–H and O–H groups in total. The Kier molecular flexibility index (Phi) is 5.50. The van der Waals surface area contributed by atoms with Gasteiger partial charge in [0.1, 0.15) is 5.75 Å². The van der Waals surface area contributed by atoms with Crippen LogP contribution in [0.15, 0.2) is 53.4 Å². The van der Waals surface area contributed by atoms with Crippen LogP contribution >= 0.6 is 0 Å². The van der Waals surface area contributed by atoms with Gasteiger partial charge in [0.2, 0.25) is 10.0 Å². The van der Waals surface area contributed by atoms with Crippen LogP contribution in [0.5, 0.6) is 5.75 Å². The predicted molar refractivity (Wildman–Crippen MR) is 112 cm³/mol. The molecule has 1 saturated carbocycles. The van der Waals surface area contributed by atoms with Gasteiger partial charge in [0.25, 0.3) is 5.91 Å². The number of nitrogens with zero attached hydrogens (tertiary/aromatic N) is 2. The number of rotatable bonds is 7. The van der Waals surface area contributed by atoms with Crippen molar-refractivity contribution in [2.45, 2.75) is 36.0 Å². The number of carbonyl (C=O) groups is 1. The van der Waals surface area contributed by atoms with Crippen molar-refractivity contribution in [3.05, 3.63) is 54.1 Å². The van der Waals surface area contributed by atoms with E-state index in [1.807, 2.05) is 12.1 Å². The first kappa shape index (κ1) is 20.4. The van der Waals surface area contributed by atoms with Gasteiger partial charge in [-0.2, -0.15) is 9.57 Å². The molecule has 8 heteroatoms. The Bertz CT molecular complexity index is 1060. The van der Waals surface area contributed by atoms with Crippen molar-refractivity contribution in [3.63, 3.8) is 0 Å². The third-order valence-corrected chi connectivity index (χ3v) is 7.49. The van der Waals surface area contributed by atoms with Crippen molar-refractivity contribution in [1.29, 1.82) is 5.26 Å². The molecule has 4 rings (SSSR count). The number of benzene rings is 2. The lowest BCUT2D eigenvalue weighted by molar-refractivity contribution is -0.118. The van der Waals surface area contributed by atoms with Crippen molar-refractivity contribution in [2.24, 2.45) is 0 Å². The largest absolute Gasteiger partial charge is 0.484 e. The molecule has 1 saturated heterocycles. The van der Waals surface area contributed by atoms with Crippen LogP contribution in [0, 0.1) is 11.3 Å². The molecule has 1 aliphatic carbocycles. The Balaban J connectivity index is 1.30. The Morgan fingerprint density at radius 1 is 1.07 bits per heavy atom. The predicted octanol–water partition coefficient (Wildman–Crippen LogP) is 3.04. The third-order valence-electron chi connectivity index (χ3n) is 5.58. The van der Waals surface area contributed by atoms with Gasteiger partial charge < -0.3 is 10.1 Å². The smallest absolute Gasteiger partial charge is 0.262 e. The van der Waals surface area contributed by atoms with Crippen molar-refractivity contribution in [2.75, 3.05) is 25.0 Å². The van der Waals surface area contributed by atoms with E-state index in [1.165, 1.54) is 16.4 Å². The maximum Gasteiger partial charge on any atom is 0.262 e. The summed E-state index contributed by atoms with van der Waals surface area (Å²) in [7, 11) is -3.46. The average Bonchev–Trinajstić information content (AvgIpc) is 3.35. The summed E-state index contributed by atoms with van der Waals surface area (Å²) >= 11 is 0. The van der Waals surface area contributed by atoms with Crippen molar-refractivity contribution < 1.29 is 17.9 Å². The van der Waals surface area contributed by atoms with Gasteiger partial charge in [0.15, 0.2) is 6.61 Å². The first-order chi connectivity index (χ1) is 14.4. The minimum Gasteiger partial charge on any atom is -0.484 e. The van der Waals surface area contributed by atoms with E-state index in [1.54, 1.807) is 24.3 Å². The molecule has 1 heterocycles. The fraction of sp³-hybridized carbons (Fsp3) is 0.364. The Morgan fingerprint density at radius 2 is 1.70 bits per heavy atom. The molecule has 0 radical (unpaired) electrons. The van der Waals surface area contributed by atoms with Gasteiger partial charge in [0, 0.05) is 18.8 Å². The monoisotopic (exact) mass is 425 g/mol. The highest BCUT2D eigenvalue weighted by molar-refractivity contribution is 7.89. The van der Waals surface area contributed by atoms with Crippen molar-refractivity contribution in [3.8, 4) is 11.8 Å². The van der Waals surface area contributed by atoms with Crippen LogP contribution in [0.3, 0.4) is 0 Å². The fourth-order valence-electron chi connectivity index (χ4n) is 3.59. The summed E-state index contributed by atoms with van der Waals surface area (Å²) in [5.74, 6) is 0.100. The molecule has 2 aromatic rings. The Hall–Kier alpha value is -2.89. The molecule has 0 aromatic heterocycles. The third kappa shape index (κ3) is 4.18. The molecule has 1 aliphatic heterocycles. The molecule has 0 unspecified atom stereocenters. The van der Waals surface area contributed by atoms with E-state index in [9.17, 15) is 18.5 Å². The number of anilines is 1. The number of hydrogen-bond acceptors (Lipinski definition) is 5. The summed E-state index contributed by atoms with van der Waals surface area (Å²) in [5, 5.41) is 12.0. The second-order valence-electron chi connectivity index (χ2n) is 7.69. The molecule has 0 spiro atoms. The summed E-state index contributed by atoms with van der Waals surface area (Å²) in [5.41, 5.74) is 1.26. The number of ether oxygens (including phenoxy) is 1. The maximum atomic E-state index is 12.5. The lowest BCUT2D eigenvalue weighted by atomic mass is 9.98. The Morgan fingerprint density at radius 3 is 2.27 bits per heavy atom. The van der Waals surface area contributed by atoms with Crippen molar-refractivity contribution in [1.82, 2.24) is 4.31 Å². The molecule has 30 heavy (non-hydrogen) atoms. The highest BCUT2D eigenvalue weighted by Gasteiger charge is 2.44. The van der Waals surface area contributed by atoms with Gasteiger partial charge in [0.05, 0.1) is 16.4 Å². The zero-order chi connectivity index (χ0) is 21.2. The van der Waals surface area contributed by atoms with Gasteiger partial charge in [-0.15, -0.1) is 0 Å². The summed E-state index contributed by atoms with van der Waals surface area (Å²) in [6, 6.07) is 15.8. The van der Waals surface area contributed by atoms with Crippen LogP contribution < -0.4 is 10.1 Å². The van der Waals surface area contributed by atoms with Crippen LogP contribution in [0.1, 0.15) is 31.2 Å². The minimum atomic E-state index is -3.46. The van der Waals surface area contributed by atoms with E-state index in [0.717, 1.165) is 31.2 Å². The SMILES string of the molecule is N#CC1(c2ccc(NC(=O)COc3ccc(S(=O)(=O)N4CCCC4)cc3)cc2)CC1. The average molecular weight is 426 g/mol. The normalized spacial score (nSPS) is 17.8. The van der Waals surface area contributed by atoms with Gasteiger partial charge in [-0.05, 0) is 67.6 Å². The summed E-state index contributed by atoms with van der Waals surface area (Å²) in [4.78, 5) is 12.4.